The Bertz CT molecular complexity index is 261. The summed E-state index contributed by atoms with van der Waals surface area (Å²) in [6, 6.07) is 3.06. The van der Waals surface area contributed by atoms with Crippen molar-refractivity contribution in [2.24, 2.45) is 7.05 Å². The van der Waals surface area contributed by atoms with E-state index in [1.165, 1.54) is 18.4 Å². The van der Waals surface area contributed by atoms with E-state index in [4.69, 9.17) is 0 Å². The fraction of sp³-hybridized carbons (Fsp3) is 0.600. The Labute approximate surface area is 73.8 Å². The van der Waals surface area contributed by atoms with Gasteiger partial charge in [-0.3, -0.25) is 4.90 Å². The van der Waals surface area contributed by atoms with E-state index < -0.39 is 0 Å². The Kier molecular flexibility index (Phi) is 1.93. The minimum atomic E-state index is 0.866. The Morgan fingerprint density at radius 2 is 2.33 bits per heavy atom. The summed E-state index contributed by atoms with van der Waals surface area (Å²) in [5, 5.41) is 0. The van der Waals surface area contributed by atoms with Gasteiger partial charge in [-0.25, -0.2) is 0 Å². The van der Waals surface area contributed by atoms with Crippen LogP contribution in [0, 0.1) is 0 Å². The van der Waals surface area contributed by atoms with E-state index >= 15 is 0 Å². The first-order valence-corrected chi connectivity index (χ1v) is 4.57. The molecule has 1 aromatic rings. The van der Waals surface area contributed by atoms with E-state index in [-0.39, 0.29) is 0 Å². The van der Waals surface area contributed by atoms with E-state index in [0.29, 0.717) is 0 Å². The predicted molar refractivity (Wildman–Crippen MR) is 49.9 cm³/mol. The normalized spacial score (nSPS) is 17.2. The minimum absolute atomic E-state index is 0.866. The molecule has 0 atom stereocenters. The molecule has 12 heavy (non-hydrogen) atoms. The van der Waals surface area contributed by atoms with Crippen molar-refractivity contribution in [3.05, 3.63) is 24.0 Å². The zero-order valence-electron chi connectivity index (χ0n) is 7.83. The quantitative estimate of drug-likeness (QED) is 0.659. The number of rotatable bonds is 3. The van der Waals surface area contributed by atoms with Crippen LogP contribution in [0.3, 0.4) is 0 Å². The molecular weight excluding hydrogens is 148 g/mol. The number of nitrogens with zero attached hydrogens (tertiary/aromatic N) is 2. The van der Waals surface area contributed by atoms with Gasteiger partial charge in [0.2, 0.25) is 0 Å². The second-order valence-electron chi connectivity index (χ2n) is 3.83. The Morgan fingerprint density at radius 1 is 1.58 bits per heavy atom. The van der Waals surface area contributed by atoms with Crippen molar-refractivity contribution >= 4 is 0 Å². The lowest BCUT2D eigenvalue weighted by Gasteiger charge is -2.13. The van der Waals surface area contributed by atoms with Crippen LogP contribution < -0.4 is 0 Å². The molecule has 0 unspecified atom stereocenters. The number of aromatic nitrogens is 1. The average Bonchev–Trinajstić information content (AvgIpc) is 2.78. The lowest BCUT2D eigenvalue weighted by atomic mass is 10.3. The third-order valence-electron chi connectivity index (χ3n) is 2.50. The van der Waals surface area contributed by atoms with E-state index in [0.717, 1.165) is 12.6 Å². The maximum absolute atomic E-state index is 2.44. The fourth-order valence-corrected chi connectivity index (χ4v) is 1.59. The number of hydrogen-bond acceptors (Lipinski definition) is 1. The molecule has 2 heteroatoms. The first kappa shape index (κ1) is 7.87. The smallest absolute Gasteiger partial charge is 0.0248 e. The van der Waals surface area contributed by atoms with Crippen LogP contribution in [0.15, 0.2) is 18.5 Å². The van der Waals surface area contributed by atoms with Gasteiger partial charge in [-0.1, -0.05) is 0 Å². The molecule has 0 amide bonds. The largest absolute Gasteiger partial charge is 0.357 e. The van der Waals surface area contributed by atoms with Crippen LogP contribution in [0.5, 0.6) is 0 Å². The lowest BCUT2D eigenvalue weighted by molar-refractivity contribution is 0.316. The highest BCUT2D eigenvalue weighted by Gasteiger charge is 2.25. The summed E-state index contributed by atoms with van der Waals surface area (Å²) < 4.78 is 2.11. The molecular formula is C10H16N2. The molecule has 1 fully saturated rings. The maximum atomic E-state index is 2.44. The van der Waals surface area contributed by atoms with E-state index in [1.54, 1.807) is 0 Å². The summed E-state index contributed by atoms with van der Waals surface area (Å²) in [6.07, 6.45) is 7.08. The molecule has 1 aromatic heterocycles. The van der Waals surface area contributed by atoms with E-state index in [9.17, 15) is 0 Å². The molecule has 0 N–H and O–H groups in total. The standard InChI is InChI=1S/C10H16N2/c1-11-6-5-9(7-11)8-12(2)10-3-4-10/h5-7,10H,3-4,8H2,1-2H3. The molecule has 0 radical (unpaired) electrons. The lowest BCUT2D eigenvalue weighted by Crippen LogP contribution is -2.19. The topological polar surface area (TPSA) is 8.17 Å². The van der Waals surface area contributed by atoms with Gasteiger partial charge in [-0.05, 0) is 31.5 Å². The molecule has 66 valence electrons. The van der Waals surface area contributed by atoms with Crippen LogP contribution in [0.25, 0.3) is 0 Å². The van der Waals surface area contributed by atoms with Gasteiger partial charge in [0.05, 0.1) is 0 Å². The van der Waals surface area contributed by atoms with Crippen molar-refractivity contribution in [3.8, 4) is 0 Å². The van der Waals surface area contributed by atoms with Gasteiger partial charge >= 0.3 is 0 Å². The van der Waals surface area contributed by atoms with Crippen molar-refractivity contribution in [3.63, 3.8) is 0 Å². The first-order valence-electron chi connectivity index (χ1n) is 4.57. The van der Waals surface area contributed by atoms with Gasteiger partial charge in [0.1, 0.15) is 0 Å². The monoisotopic (exact) mass is 164 g/mol. The van der Waals surface area contributed by atoms with Gasteiger partial charge in [0.25, 0.3) is 0 Å². The van der Waals surface area contributed by atoms with Crippen molar-refractivity contribution in [2.45, 2.75) is 25.4 Å². The van der Waals surface area contributed by atoms with Crippen molar-refractivity contribution in [1.29, 1.82) is 0 Å². The highest BCUT2D eigenvalue weighted by Crippen LogP contribution is 2.26. The summed E-state index contributed by atoms with van der Waals surface area (Å²) in [5.41, 5.74) is 1.42. The van der Waals surface area contributed by atoms with Crippen LogP contribution in [-0.2, 0) is 13.6 Å². The molecule has 0 aromatic carbocycles. The fourth-order valence-electron chi connectivity index (χ4n) is 1.59. The number of aryl methyl sites for hydroxylation is 1. The van der Waals surface area contributed by atoms with Gasteiger partial charge < -0.3 is 4.57 Å². The molecule has 0 bridgehead atoms. The second-order valence-corrected chi connectivity index (χ2v) is 3.83. The van der Waals surface area contributed by atoms with E-state index in [1.807, 2.05) is 0 Å². The molecule has 1 heterocycles. The zero-order valence-corrected chi connectivity index (χ0v) is 7.83. The van der Waals surface area contributed by atoms with Gasteiger partial charge in [0.15, 0.2) is 0 Å². The van der Waals surface area contributed by atoms with Crippen molar-refractivity contribution in [2.75, 3.05) is 7.05 Å². The predicted octanol–water partition coefficient (Wildman–Crippen LogP) is 1.62. The highest BCUT2D eigenvalue weighted by molar-refractivity contribution is 5.10. The van der Waals surface area contributed by atoms with Crippen LogP contribution >= 0.6 is 0 Å². The Balaban J connectivity index is 1.93. The summed E-state index contributed by atoms with van der Waals surface area (Å²) in [6.45, 7) is 1.10. The van der Waals surface area contributed by atoms with Gasteiger partial charge in [0, 0.05) is 32.0 Å². The Hall–Kier alpha value is -0.760. The second kappa shape index (κ2) is 2.94. The third kappa shape index (κ3) is 1.69. The zero-order chi connectivity index (χ0) is 8.55. The molecule has 1 aliphatic carbocycles. The third-order valence-corrected chi connectivity index (χ3v) is 2.50. The summed E-state index contributed by atoms with van der Waals surface area (Å²) >= 11 is 0. The molecule has 1 aliphatic rings. The minimum Gasteiger partial charge on any atom is -0.357 e. The Morgan fingerprint density at radius 3 is 2.83 bits per heavy atom. The van der Waals surface area contributed by atoms with Crippen LogP contribution in [0.4, 0.5) is 0 Å². The summed E-state index contributed by atoms with van der Waals surface area (Å²) in [7, 11) is 4.28. The molecule has 2 nitrogen and oxygen atoms in total. The molecule has 2 rings (SSSR count). The van der Waals surface area contributed by atoms with E-state index in [2.05, 4.69) is 42.0 Å². The average molecular weight is 164 g/mol. The van der Waals surface area contributed by atoms with Crippen molar-refractivity contribution in [1.82, 2.24) is 9.47 Å². The first-order chi connectivity index (χ1) is 5.75. The highest BCUT2D eigenvalue weighted by atomic mass is 15.1. The van der Waals surface area contributed by atoms with Crippen molar-refractivity contribution < 1.29 is 0 Å². The van der Waals surface area contributed by atoms with Crippen LogP contribution in [-0.4, -0.2) is 22.6 Å². The molecule has 1 saturated carbocycles. The van der Waals surface area contributed by atoms with Crippen LogP contribution in [0.2, 0.25) is 0 Å². The maximum Gasteiger partial charge on any atom is 0.0248 e. The molecule has 0 saturated heterocycles. The summed E-state index contributed by atoms with van der Waals surface area (Å²) in [4.78, 5) is 2.44. The summed E-state index contributed by atoms with van der Waals surface area (Å²) in [5.74, 6) is 0. The van der Waals surface area contributed by atoms with Gasteiger partial charge in [-0.2, -0.15) is 0 Å². The molecule has 0 aliphatic heterocycles. The van der Waals surface area contributed by atoms with Gasteiger partial charge in [-0.15, -0.1) is 0 Å². The number of hydrogen-bond donors (Lipinski definition) is 0. The molecule has 0 spiro atoms. The SMILES string of the molecule is CN(Cc1ccn(C)c1)C1CC1. The van der Waals surface area contributed by atoms with Crippen LogP contribution in [0.1, 0.15) is 18.4 Å².